The summed E-state index contributed by atoms with van der Waals surface area (Å²) in [6.07, 6.45) is 8.30. The molecule has 1 aromatic heterocycles. The standard InChI is InChI=1S/C12H17NS/c1-3-5-6-12(13-4-2)9-11-7-8-14-10-11/h1,7-8,10,12-13H,4-6,9H2,2H3. The lowest BCUT2D eigenvalue weighted by Gasteiger charge is -2.15. The van der Waals surface area contributed by atoms with E-state index in [0.717, 1.165) is 25.8 Å². The molecule has 0 aliphatic heterocycles. The number of hydrogen-bond donors (Lipinski definition) is 1. The summed E-state index contributed by atoms with van der Waals surface area (Å²) in [6.45, 7) is 3.15. The first-order valence-corrected chi connectivity index (χ1v) is 5.99. The molecule has 1 unspecified atom stereocenters. The van der Waals surface area contributed by atoms with Crippen molar-refractivity contribution in [1.29, 1.82) is 0 Å². The first-order valence-electron chi connectivity index (χ1n) is 5.04. The summed E-state index contributed by atoms with van der Waals surface area (Å²) in [5, 5.41) is 7.80. The topological polar surface area (TPSA) is 12.0 Å². The summed E-state index contributed by atoms with van der Waals surface area (Å²) in [5.41, 5.74) is 1.41. The Hall–Kier alpha value is -0.780. The summed E-state index contributed by atoms with van der Waals surface area (Å²) in [6, 6.07) is 2.72. The fraction of sp³-hybridized carbons (Fsp3) is 0.500. The molecular formula is C12H17NS. The molecule has 0 bridgehead atoms. The third-order valence-corrected chi connectivity index (χ3v) is 2.92. The number of terminal acetylenes is 1. The van der Waals surface area contributed by atoms with Gasteiger partial charge >= 0.3 is 0 Å². The van der Waals surface area contributed by atoms with Gasteiger partial charge in [0.15, 0.2) is 0 Å². The van der Waals surface area contributed by atoms with Crippen molar-refractivity contribution in [2.45, 2.75) is 32.2 Å². The highest BCUT2D eigenvalue weighted by atomic mass is 32.1. The van der Waals surface area contributed by atoms with E-state index in [9.17, 15) is 0 Å². The minimum Gasteiger partial charge on any atom is -0.314 e. The zero-order valence-electron chi connectivity index (χ0n) is 8.62. The van der Waals surface area contributed by atoms with Gasteiger partial charge in [-0.1, -0.05) is 6.92 Å². The molecule has 14 heavy (non-hydrogen) atoms. The van der Waals surface area contributed by atoms with E-state index in [1.165, 1.54) is 5.56 Å². The van der Waals surface area contributed by atoms with Gasteiger partial charge < -0.3 is 5.32 Å². The van der Waals surface area contributed by atoms with Gasteiger partial charge in [0.2, 0.25) is 0 Å². The van der Waals surface area contributed by atoms with Gasteiger partial charge in [-0.2, -0.15) is 11.3 Å². The maximum Gasteiger partial charge on any atom is 0.0117 e. The Kier molecular flexibility index (Phi) is 5.36. The molecule has 76 valence electrons. The molecule has 0 amide bonds. The summed E-state index contributed by atoms with van der Waals surface area (Å²) in [5.74, 6) is 2.70. The summed E-state index contributed by atoms with van der Waals surface area (Å²) in [7, 11) is 0. The normalized spacial score (nSPS) is 12.3. The van der Waals surface area contributed by atoms with Gasteiger partial charge in [-0.05, 0) is 41.8 Å². The van der Waals surface area contributed by atoms with E-state index >= 15 is 0 Å². The smallest absolute Gasteiger partial charge is 0.0117 e. The molecule has 1 heterocycles. The van der Waals surface area contributed by atoms with Crippen LogP contribution >= 0.6 is 11.3 Å². The molecule has 0 spiro atoms. The molecule has 0 saturated carbocycles. The van der Waals surface area contributed by atoms with Gasteiger partial charge in [0.05, 0.1) is 0 Å². The summed E-state index contributed by atoms with van der Waals surface area (Å²) in [4.78, 5) is 0. The SMILES string of the molecule is C#CCCC(Cc1ccsc1)NCC. The van der Waals surface area contributed by atoms with Crippen molar-refractivity contribution >= 4 is 11.3 Å². The van der Waals surface area contributed by atoms with Crippen LogP contribution in [0.3, 0.4) is 0 Å². The molecule has 0 aliphatic rings. The van der Waals surface area contributed by atoms with Crippen LogP contribution in [-0.4, -0.2) is 12.6 Å². The molecule has 1 nitrogen and oxygen atoms in total. The van der Waals surface area contributed by atoms with Gasteiger partial charge in [-0.15, -0.1) is 12.3 Å². The Morgan fingerprint density at radius 2 is 2.50 bits per heavy atom. The van der Waals surface area contributed by atoms with Crippen molar-refractivity contribution in [1.82, 2.24) is 5.32 Å². The lowest BCUT2D eigenvalue weighted by Crippen LogP contribution is -2.30. The summed E-state index contributed by atoms with van der Waals surface area (Å²) < 4.78 is 0. The van der Waals surface area contributed by atoms with Gasteiger partial charge in [0.1, 0.15) is 0 Å². The average molecular weight is 207 g/mol. The van der Waals surface area contributed by atoms with E-state index in [1.807, 2.05) is 0 Å². The molecule has 1 aromatic rings. The Bertz CT molecular complexity index is 271. The van der Waals surface area contributed by atoms with Crippen molar-refractivity contribution in [2.24, 2.45) is 0 Å². The molecule has 1 rings (SSSR count). The van der Waals surface area contributed by atoms with Crippen LogP contribution in [0.4, 0.5) is 0 Å². The van der Waals surface area contributed by atoms with Crippen LogP contribution in [0.1, 0.15) is 25.3 Å². The number of likely N-dealkylation sites (N-methyl/N-ethyl adjacent to an activating group) is 1. The fourth-order valence-electron chi connectivity index (χ4n) is 1.52. The first-order chi connectivity index (χ1) is 6.86. The maximum atomic E-state index is 5.27. The summed E-state index contributed by atoms with van der Waals surface area (Å²) >= 11 is 1.76. The highest BCUT2D eigenvalue weighted by Gasteiger charge is 2.07. The molecule has 0 radical (unpaired) electrons. The van der Waals surface area contributed by atoms with Crippen LogP contribution in [0.5, 0.6) is 0 Å². The van der Waals surface area contributed by atoms with Gasteiger partial charge in [0, 0.05) is 12.5 Å². The van der Waals surface area contributed by atoms with Crippen molar-refractivity contribution < 1.29 is 0 Å². The third-order valence-electron chi connectivity index (χ3n) is 2.19. The highest BCUT2D eigenvalue weighted by Crippen LogP contribution is 2.11. The molecule has 1 atom stereocenters. The Morgan fingerprint density at radius 1 is 1.64 bits per heavy atom. The van der Waals surface area contributed by atoms with Crippen LogP contribution in [0.25, 0.3) is 0 Å². The molecule has 0 saturated heterocycles. The van der Waals surface area contributed by atoms with E-state index in [2.05, 4.69) is 35.0 Å². The van der Waals surface area contributed by atoms with Crippen molar-refractivity contribution in [3.63, 3.8) is 0 Å². The van der Waals surface area contributed by atoms with Crippen molar-refractivity contribution in [3.05, 3.63) is 22.4 Å². The van der Waals surface area contributed by atoms with Crippen LogP contribution in [0.2, 0.25) is 0 Å². The molecule has 2 heteroatoms. The molecule has 0 aliphatic carbocycles. The molecule has 1 N–H and O–H groups in total. The van der Waals surface area contributed by atoms with E-state index in [4.69, 9.17) is 6.42 Å². The second-order valence-corrected chi connectivity index (χ2v) is 4.11. The Balaban J connectivity index is 2.39. The Morgan fingerprint density at radius 3 is 3.07 bits per heavy atom. The van der Waals surface area contributed by atoms with E-state index in [0.29, 0.717) is 6.04 Å². The second-order valence-electron chi connectivity index (χ2n) is 3.33. The minimum atomic E-state index is 0.533. The number of thiophene rings is 1. The number of hydrogen-bond acceptors (Lipinski definition) is 2. The Labute approximate surface area is 90.5 Å². The lowest BCUT2D eigenvalue weighted by atomic mass is 10.0. The van der Waals surface area contributed by atoms with Crippen LogP contribution in [0, 0.1) is 12.3 Å². The van der Waals surface area contributed by atoms with Crippen molar-refractivity contribution in [3.8, 4) is 12.3 Å². The van der Waals surface area contributed by atoms with Gasteiger partial charge in [-0.25, -0.2) is 0 Å². The molecular weight excluding hydrogens is 190 g/mol. The van der Waals surface area contributed by atoms with E-state index in [1.54, 1.807) is 11.3 Å². The predicted octanol–water partition coefficient (Wildman–Crippen LogP) is 2.68. The molecule has 0 fully saturated rings. The van der Waals surface area contributed by atoms with Crippen molar-refractivity contribution in [2.75, 3.05) is 6.54 Å². The number of rotatable bonds is 6. The van der Waals surface area contributed by atoms with Crippen LogP contribution < -0.4 is 5.32 Å². The average Bonchev–Trinajstić information content (AvgIpc) is 2.67. The minimum absolute atomic E-state index is 0.533. The highest BCUT2D eigenvalue weighted by molar-refractivity contribution is 7.07. The monoisotopic (exact) mass is 207 g/mol. The van der Waals surface area contributed by atoms with Crippen LogP contribution in [-0.2, 0) is 6.42 Å². The van der Waals surface area contributed by atoms with E-state index < -0.39 is 0 Å². The number of nitrogens with one attached hydrogen (secondary N) is 1. The van der Waals surface area contributed by atoms with E-state index in [-0.39, 0.29) is 0 Å². The third kappa shape index (κ3) is 3.95. The maximum absolute atomic E-state index is 5.27. The largest absolute Gasteiger partial charge is 0.314 e. The fourth-order valence-corrected chi connectivity index (χ4v) is 2.20. The predicted molar refractivity (Wildman–Crippen MR) is 63.6 cm³/mol. The first kappa shape index (κ1) is 11.3. The quantitative estimate of drug-likeness (QED) is 0.707. The zero-order chi connectivity index (χ0) is 10.2. The van der Waals surface area contributed by atoms with Crippen LogP contribution in [0.15, 0.2) is 16.8 Å². The zero-order valence-corrected chi connectivity index (χ0v) is 9.44. The van der Waals surface area contributed by atoms with Gasteiger partial charge in [-0.3, -0.25) is 0 Å². The van der Waals surface area contributed by atoms with Gasteiger partial charge in [0.25, 0.3) is 0 Å². The lowest BCUT2D eigenvalue weighted by molar-refractivity contribution is 0.498. The second kappa shape index (κ2) is 6.64. The molecule has 0 aromatic carbocycles.